The first-order valence-corrected chi connectivity index (χ1v) is 7.52. The predicted molar refractivity (Wildman–Crippen MR) is 63.4 cm³/mol. The summed E-state index contributed by atoms with van der Waals surface area (Å²) in [4.78, 5) is 0. The first-order valence-electron chi connectivity index (χ1n) is 5.71. The average molecular weight is 249 g/mol. The highest BCUT2D eigenvalue weighted by molar-refractivity contribution is 6.62. The second kappa shape index (κ2) is 6.68. The summed E-state index contributed by atoms with van der Waals surface area (Å²) in [6, 6.07) is 0. The van der Waals surface area contributed by atoms with Crippen molar-refractivity contribution in [1.29, 1.82) is 0 Å². The zero-order valence-corrected chi connectivity index (χ0v) is 11.6. The molecule has 2 unspecified atom stereocenters. The van der Waals surface area contributed by atoms with Gasteiger partial charge in [-0.2, -0.15) is 0 Å². The van der Waals surface area contributed by atoms with E-state index in [2.05, 4.69) is 12.2 Å². The Labute approximate surface area is 98.8 Å². The Morgan fingerprint density at radius 1 is 1.31 bits per heavy atom. The minimum Gasteiger partial charge on any atom is -0.377 e. The summed E-state index contributed by atoms with van der Waals surface area (Å²) in [6.07, 6.45) is 1.04. The van der Waals surface area contributed by atoms with Crippen LogP contribution in [-0.2, 0) is 18.0 Å². The molecule has 16 heavy (non-hydrogen) atoms. The van der Waals surface area contributed by atoms with Crippen LogP contribution in [0, 0.1) is 0 Å². The maximum atomic E-state index is 5.77. The Balaban J connectivity index is 2.76. The summed E-state index contributed by atoms with van der Waals surface area (Å²) in [5.74, 6) is 0. The molecular weight excluding hydrogens is 226 g/mol. The fourth-order valence-corrected chi connectivity index (χ4v) is 4.87. The van der Waals surface area contributed by atoms with Gasteiger partial charge >= 0.3 is 8.80 Å². The van der Waals surface area contributed by atoms with Gasteiger partial charge in [0.2, 0.25) is 0 Å². The van der Waals surface area contributed by atoms with Crippen LogP contribution in [0.5, 0.6) is 0 Å². The maximum absolute atomic E-state index is 5.77. The summed E-state index contributed by atoms with van der Waals surface area (Å²) < 4.78 is 22.4. The van der Waals surface area contributed by atoms with Gasteiger partial charge < -0.3 is 23.3 Å². The Hall–Kier alpha value is 0.0169. The van der Waals surface area contributed by atoms with E-state index in [0.29, 0.717) is 0 Å². The third-order valence-electron chi connectivity index (χ3n) is 3.15. The van der Waals surface area contributed by atoms with Crippen LogP contribution >= 0.6 is 0 Å². The van der Waals surface area contributed by atoms with Gasteiger partial charge in [-0.25, -0.2) is 0 Å². The number of hydrogen-bond acceptors (Lipinski definition) is 5. The molecule has 0 radical (unpaired) electrons. The molecule has 0 amide bonds. The van der Waals surface area contributed by atoms with Gasteiger partial charge in [-0.3, -0.25) is 0 Å². The lowest BCUT2D eigenvalue weighted by Gasteiger charge is -2.38. The van der Waals surface area contributed by atoms with Gasteiger partial charge in [-0.15, -0.1) is 0 Å². The molecule has 1 rings (SSSR count). The maximum Gasteiger partial charge on any atom is 0.506 e. The molecule has 0 aliphatic carbocycles. The number of ether oxygens (including phenoxy) is 1. The van der Waals surface area contributed by atoms with Crippen molar-refractivity contribution in [3.05, 3.63) is 0 Å². The van der Waals surface area contributed by atoms with E-state index < -0.39 is 8.80 Å². The lowest BCUT2D eigenvalue weighted by atomic mass is 10.2. The SMILES string of the molecule is CCC(C1CNCCO1)[Si](OC)(OC)OC. The average Bonchev–Trinajstić information content (AvgIpc) is 2.37. The lowest BCUT2D eigenvalue weighted by Crippen LogP contribution is -2.55. The highest BCUT2D eigenvalue weighted by atomic mass is 28.4. The van der Waals surface area contributed by atoms with Crippen molar-refractivity contribution >= 4 is 8.80 Å². The Morgan fingerprint density at radius 2 is 1.94 bits per heavy atom. The molecule has 0 spiro atoms. The van der Waals surface area contributed by atoms with E-state index in [4.69, 9.17) is 18.0 Å². The van der Waals surface area contributed by atoms with E-state index in [-0.39, 0.29) is 11.6 Å². The van der Waals surface area contributed by atoms with E-state index in [1.165, 1.54) is 0 Å². The molecule has 0 bridgehead atoms. The van der Waals surface area contributed by atoms with E-state index in [9.17, 15) is 0 Å². The van der Waals surface area contributed by atoms with Crippen molar-refractivity contribution in [3.63, 3.8) is 0 Å². The van der Waals surface area contributed by atoms with Crippen LogP contribution in [0.15, 0.2) is 0 Å². The zero-order chi connectivity index (χ0) is 12.0. The van der Waals surface area contributed by atoms with Crippen LogP contribution in [0.25, 0.3) is 0 Å². The van der Waals surface area contributed by atoms with Gasteiger partial charge in [0.15, 0.2) is 0 Å². The second-order valence-electron chi connectivity index (χ2n) is 3.84. The van der Waals surface area contributed by atoms with Crippen molar-refractivity contribution < 1.29 is 18.0 Å². The molecule has 1 fully saturated rings. The molecule has 96 valence electrons. The Morgan fingerprint density at radius 3 is 2.31 bits per heavy atom. The summed E-state index contributed by atoms with van der Waals surface area (Å²) in [7, 11) is 2.35. The van der Waals surface area contributed by atoms with Gasteiger partial charge in [0, 0.05) is 34.4 Å². The predicted octanol–water partition coefficient (Wildman–Crippen LogP) is 0.633. The second-order valence-corrected chi connectivity index (χ2v) is 7.02. The molecular formula is C10H23NO4Si. The summed E-state index contributed by atoms with van der Waals surface area (Å²) in [5.41, 5.74) is 0.181. The van der Waals surface area contributed by atoms with Gasteiger partial charge in [0.05, 0.1) is 18.3 Å². The molecule has 1 saturated heterocycles. The topological polar surface area (TPSA) is 49.0 Å². The summed E-state index contributed by atoms with van der Waals surface area (Å²) >= 11 is 0. The van der Waals surface area contributed by atoms with Crippen molar-refractivity contribution in [3.8, 4) is 0 Å². The first-order chi connectivity index (χ1) is 7.74. The van der Waals surface area contributed by atoms with Crippen molar-refractivity contribution in [1.82, 2.24) is 5.32 Å². The fourth-order valence-electron chi connectivity index (χ4n) is 2.29. The number of hydrogen-bond donors (Lipinski definition) is 1. The van der Waals surface area contributed by atoms with Crippen molar-refractivity contribution in [2.24, 2.45) is 0 Å². The standard InChI is InChI=1S/C10H23NO4Si/c1-5-10(9-8-11-6-7-15-9)16(12-2,13-3)14-4/h9-11H,5-8H2,1-4H3. The van der Waals surface area contributed by atoms with E-state index >= 15 is 0 Å². The first kappa shape index (κ1) is 14.1. The van der Waals surface area contributed by atoms with Crippen molar-refractivity contribution in [2.75, 3.05) is 41.0 Å². The minimum atomic E-state index is -2.60. The molecule has 0 aromatic heterocycles. The number of nitrogens with one attached hydrogen (secondary N) is 1. The van der Waals surface area contributed by atoms with Crippen LogP contribution in [-0.4, -0.2) is 55.9 Å². The van der Waals surface area contributed by atoms with Gasteiger partial charge in [0.25, 0.3) is 0 Å². The minimum absolute atomic E-state index is 0.116. The lowest BCUT2D eigenvalue weighted by molar-refractivity contribution is -0.00168. The molecule has 0 saturated carbocycles. The van der Waals surface area contributed by atoms with Crippen LogP contribution < -0.4 is 5.32 Å². The molecule has 2 atom stereocenters. The van der Waals surface area contributed by atoms with E-state index in [0.717, 1.165) is 26.1 Å². The van der Waals surface area contributed by atoms with Gasteiger partial charge in [0.1, 0.15) is 0 Å². The van der Waals surface area contributed by atoms with Crippen LogP contribution in [0.2, 0.25) is 5.54 Å². The smallest absolute Gasteiger partial charge is 0.377 e. The van der Waals surface area contributed by atoms with Crippen LogP contribution in [0.3, 0.4) is 0 Å². The Bertz CT molecular complexity index is 187. The molecule has 0 aromatic carbocycles. The number of rotatable bonds is 6. The largest absolute Gasteiger partial charge is 0.506 e. The zero-order valence-electron chi connectivity index (χ0n) is 10.6. The molecule has 1 N–H and O–H groups in total. The normalized spacial score (nSPS) is 24.4. The van der Waals surface area contributed by atoms with Gasteiger partial charge in [-0.1, -0.05) is 6.92 Å². The highest BCUT2D eigenvalue weighted by Gasteiger charge is 2.50. The Kier molecular flexibility index (Phi) is 5.88. The molecule has 0 aromatic rings. The van der Waals surface area contributed by atoms with E-state index in [1.807, 2.05) is 0 Å². The van der Waals surface area contributed by atoms with Crippen LogP contribution in [0.4, 0.5) is 0 Å². The summed E-state index contributed by atoms with van der Waals surface area (Å²) in [5, 5.41) is 3.32. The van der Waals surface area contributed by atoms with E-state index in [1.54, 1.807) is 21.3 Å². The fraction of sp³-hybridized carbons (Fsp3) is 1.00. The van der Waals surface area contributed by atoms with Crippen molar-refractivity contribution in [2.45, 2.75) is 25.0 Å². The number of morpholine rings is 1. The summed E-state index contributed by atoms with van der Waals surface area (Å²) in [6.45, 7) is 4.60. The quantitative estimate of drug-likeness (QED) is 0.700. The molecule has 5 nitrogen and oxygen atoms in total. The molecule has 1 aliphatic heterocycles. The monoisotopic (exact) mass is 249 g/mol. The molecule has 1 heterocycles. The van der Waals surface area contributed by atoms with Crippen LogP contribution in [0.1, 0.15) is 13.3 Å². The van der Waals surface area contributed by atoms with Gasteiger partial charge in [-0.05, 0) is 6.42 Å². The molecule has 6 heteroatoms. The third-order valence-corrected chi connectivity index (χ3v) is 6.55. The third kappa shape index (κ3) is 2.82. The highest BCUT2D eigenvalue weighted by Crippen LogP contribution is 2.32. The molecule has 1 aliphatic rings.